The van der Waals surface area contributed by atoms with Crippen LogP contribution in [0.4, 0.5) is 11.8 Å². The molecular formula is C9H13ClN4O. The first-order chi connectivity index (χ1) is 7.15. The van der Waals surface area contributed by atoms with E-state index in [2.05, 4.69) is 14.9 Å². The SMILES string of the molecule is C[C@@H]1CN(c2cc(Cl)nc(N)n2)CCO1. The van der Waals surface area contributed by atoms with E-state index >= 15 is 0 Å². The standard InChI is InChI=1S/C9H13ClN4O/c1-6-5-14(2-3-15-6)8-4-7(10)12-9(11)13-8/h4,6H,2-3,5H2,1H3,(H2,11,12,13)/t6-/m1/s1. The monoisotopic (exact) mass is 228 g/mol. The predicted molar refractivity (Wildman–Crippen MR) is 59.1 cm³/mol. The Morgan fingerprint density at radius 1 is 1.60 bits per heavy atom. The van der Waals surface area contributed by atoms with Crippen molar-refractivity contribution in [2.75, 3.05) is 30.3 Å². The van der Waals surface area contributed by atoms with E-state index in [4.69, 9.17) is 22.1 Å². The summed E-state index contributed by atoms with van der Waals surface area (Å²) in [4.78, 5) is 10.1. The molecule has 0 unspecified atom stereocenters. The van der Waals surface area contributed by atoms with Gasteiger partial charge in [-0.15, -0.1) is 0 Å². The number of nitrogens with two attached hydrogens (primary N) is 1. The highest BCUT2D eigenvalue weighted by Gasteiger charge is 2.18. The smallest absolute Gasteiger partial charge is 0.223 e. The molecule has 0 saturated carbocycles. The number of aromatic nitrogens is 2. The number of morpholine rings is 1. The Balaban J connectivity index is 2.20. The number of nitrogens with zero attached hydrogens (tertiary/aromatic N) is 3. The van der Waals surface area contributed by atoms with Gasteiger partial charge in [0, 0.05) is 19.2 Å². The van der Waals surface area contributed by atoms with Crippen LogP contribution in [0, 0.1) is 0 Å². The quantitative estimate of drug-likeness (QED) is 0.725. The lowest BCUT2D eigenvalue weighted by Gasteiger charge is -2.31. The van der Waals surface area contributed by atoms with Gasteiger partial charge in [-0.05, 0) is 6.92 Å². The summed E-state index contributed by atoms with van der Waals surface area (Å²) in [6.07, 6.45) is 0.203. The predicted octanol–water partition coefficient (Wildman–Crippen LogP) is 0.937. The van der Waals surface area contributed by atoms with Gasteiger partial charge in [0.1, 0.15) is 11.0 Å². The molecule has 1 atom stereocenters. The van der Waals surface area contributed by atoms with Crippen LogP contribution in [0.15, 0.2) is 6.07 Å². The number of hydrogen-bond acceptors (Lipinski definition) is 5. The highest BCUT2D eigenvalue weighted by atomic mass is 35.5. The second-order valence-corrected chi connectivity index (χ2v) is 3.92. The van der Waals surface area contributed by atoms with Crippen LogP contribution >= 0.6 is 11.6 Å². The fourth-order valence-corrected chi connectivity index (χ4v) is 1.80. The first-order valence-corrected chi connectivity index (χ1v) is 5.19. The summed E-state index contributed by atoms with van der Waals surface area (Å²) in [6, 6.07) is 1.72. The third kappa shape index (κ3) is 2.49. The summed E-state index contributed by atoms with van der Waals surface area (Å²) < 4.78 is 5.44. The van der Waals surface area contributed by atoms with Gasteiger partial charge in [0.2, 0.25) is 5.95 Å². The van der Waals surface area contributed by atoms with E-state index in [9.17, 15) is 0 Å². The van der Waals surface area contributed by atoms with Crippen molar-refractivity contribution in [3.05, 3.63) is 11.2 Å². The number of ether oxygens (including phenoxy) is 1. The van der Waals surface area contributed by atoms with E-state index in [1.165, 1.54) is 0 Å². The van der Waals surface area contributed by atoms with Crippen molar-refractivity contribution < 1.29 is 4.74 Å². The van der Waals surface area contributed by atoms with E-state index in [0.717, 1.165) is 18.9 Å². The minimum absolute atomic E-state index is 0.203. The fraction of sp³-hybridized carbons (Fsp3) is 0.556. The topological polar surface area (TPSA) is 64.3 Å². The highest BCUT2D eigenvalue weighted by molar-refractivity contribution is 6.29. The Kier molecular flexibility index (Phi) is 2.93. The Hall–Kier alpha value is -1.07. The summed E-state index contributed by atoms with van der Waals surface area (Å²) >= 11 is 5.82. The molecule has 0 radical (unpaired) electrons. The van der Waals surface area contributed by atoms with E-state index in [-0.39, 0.29) is 12.1 Å². The van der Waals surface area contributed by atoms with Crippen LogP contribution in [0.3, 0.4) is 0 Å². The van der Waals surface area contributed by atoms with Crippen molar-refractivity contribution in [2.24, 2.45) is 0 Å². The third-order valence-corrected chi connectivity index (χ3v) is 2.46. The summed E-state index contributed by atoms with van der Waals surface area (Å²) in [5.74, 6) is 0.972. The van der Waals surface area contributed by atoms with Crippen molar-refractivity contribution >= 4 is 23.4 Å². The molecule has 82 valence electrons. The molecule has 1 aliphatic heterocycles. The van der Waals surface area contributed by atoms with E-state index in [0.29, 0.717) is 11.8 Å². The lowest BCUT2D eigenvalue weighted by molar-refractivity contribution is 0.0529. The van der Waals surface area contributed by atoms with Crippen molar-refractivity contribution in [3.8, 4) is 0 Å². The number of rotatable bonds is 1. The van der Waals surface area contributed by atoms with Crippen LogP contribution in [-0.4, -0.2) is 35.8 Å². The molecule has 0 aliphatic carbocycles. The minimum atomic E-state index is 0.203. The lowest BCUT2D eigenvalue weighted by Crippen LogP contribution is -2.41. The molecule has 1 aliphatic rings. The molecule has 2 rings (SSSR count). The second-order valence-electron chi connectivity index (χ2n) is 3.53. The molecule has 5 nitrogen and oxygen atoms in total. The van der Waals surface area contributed by atoms with Crippen molar-refractivity contribution in [1.82, 2.24) is 9.97 Å². The number of halogens is 1. The van der Waals surface area contributed by atoms with Gasteiger partial charge in [-0.1, -0.05) is 11.6 Å². The van der Waals surface area contributed by atoms with Crippen LogP contribution in [-0.2, 0) is 4.74 Å². The Bertz CT molecular complexity index is 340. The second kappa shape index (κ2) is 4.20. The van der Waals surface area contributed by atoms with Gasteiger partial charge in [-0.3, -0.25) is 0 Å². The van der Waals surface area contributed by atoms with Gasteiger partial charge in [-0.25, -0.2) is 4.98 Å². The van der Waals surface area contributed by atoms with Gasteiger partial charge >= 0.3 is 0 Å². The molecule has 6 heteroatoms. The molecule has 1 saturated heterocycles. The van der Waals surface area contributed by atoms with E-state index in [1.54, 1.807) is 6.07 Å². The normalized spacial score (nSPS) is 21.7. The third-order valence-electron chi connectivity index (χ3n) is 2.26. The van der Waals surface area contributed by atoms with Gasteiger partial charge in [0.15, 0.2) is 0 Å². The Morgan fingerprint density at radius 2 is 2.40 bits per heavy atom. The average molecular weight is 229 g/mol. The molecule has 0 spiro atoms. The highest BCUT2D eigenvalue weighted by Crippen LogP contribution is 2.19. The maximum Gasteiger partial charge on any atom is 0.223 e. The summed E-state index contributed by atoms with van der Waals surface area (Å²) in [6.45, 7) is 4.32. The van der Waals surface area contributed by atoms with Crippen molar-refractivity contribution in [1.29, 1.82) is 0 Å². The maximum absolute atomic E-state index is 5.82. The first kappa shape index (κ1) is 10.4. The Labute approximate surface area is 93.2 Å². The lowest BCUT2D eigenvalue weighted by atomic mass is 10.3. The molecule has 15 heavy (non-hydrogen) atoms. The van der Waals surface area contributed by atoms with Crippen LogP contribution in [0.25, 0.3) is 0 Å². The molecule has 2 heterocycles. The van der Waals surface area contributed by atoms with Gasteiger partial charge < -0.3 is 15.4 Å². The molecule has 1 aromatic heterocycles. The Morgan fingerprint density at radius 3 is 3.07 bits per heavy atom. The molecule has 0 bridgehead atoms. The largest absolute Gasteiger partial charge is 0.375 e. The van der Waals surface area contributed by atoms with E-state index < -0.39 is 0 Å². The maximum atomic E-state index is 5.82. The zero-order chi connectivity index (χ0) is 10.8. The molecular weight excluding hydrogens is 216 g/mol. The molecule has 1 aromatic rings. The van der Waals surface area contributed by atoms with E-state index in [1.807, 2.05) is 6.92 Å². The van der Waals surface area contributed by atoms with Crippen molar-refractivity contribution in [3.63, 3.8) is 0 Å². The van der Waals surface area contributed by atoms with Crippen LogP contribution in [0.2, 0.25) is 5.15 Å². The number of anilines is 2. The molecule has 0 aromatic carbocycles. The van der Waals surface area contributed by atoms with Crippen LogP contribution < -0.4 is 10.6 Å². The van der Waals surface area contributed by atoms with Crippen molar-refractivity contribution in [2.45, 2.75) is 13.0 Å². The average Bonchev–Trinajstić information content (AvgIpc) is 2.16. The zero-order valence-electron chi connectivity index (χ0n) is 8.48. The minimum Gasteiger partial charge on any atom is -0.375 e. The zero-order valence-corrected chi connectivity index (χ0v) is 9.24. The fourth-order valence-electron chi connectivity index (χ4n) is 1.61. The summed E-state index contributed by atoms with van der Waals surface area (Å²) in [5, 5.41) is 0.372. The first-order valence-electron chi connectivity index (χ1n) is 4.82. The van der Waals surface area contributed by atoms with Crippen LogP contribution in [0.1, 0.15) is 6.92 Å². The number of nitrogen functional groups attached to an aromatic ring is 1. The van der Waals surface area contributed by atoms with Gasteiger partial charge in [0.25, 0.3) is 0 Å². The van der Waals surface area contributed by atoms with Gasteiger partial charge in [0.05, 0.1) is 12.7 Å². The molecule has 2 N–H and O–H groups in total. The number of hydrogen-bond donors (Lipinski definition) is 1. The summed E-state index contributed by atoms with van der Waals surface area (Å²) in [7, 11) is 0. The van der Waals surface area contributed by atoms with Gasteiger partial charge in [-0.2, -0.15) is 4.98 Å². The summed E-state index contributed by atoms with van der Waals surface area (Å²) in [5.41, 5.74) is 5.54. The molecule has 0 amide bonds. The molecule has 1 fully saturated rings. The van der Waals surface area contributed by atoms with Crippen LogP contribution in [0.5, 0.6) is 0 Å².